The van der Waals surface area contributed by atoms with Crippen LogP contribution in [0.2, 0.25) is 0 Å². The Kier molecular flexibility index (Phi) is 10.1. The number of anilines is 1. The summed E-state index contributed by atoms with van der Waals surface area (Å²) in [5.41, 5.74) is 2.99. The van der Waals surface area contributed by atoms with Gasteiger partial charge in [0.05, 0.1) is 47.0 Å². The summed E-state index contributed by atoms with van der Waals surface area (Å²) in [6.45, 7) is 4.17. The number of rotatable bonds is 14. The lowest BCUT2D eigenvalue weighted by molar-refractivity contribution is 0.0516. The molecule has 13 nitrogen and oxygen atoms in total. The first-order valence-electron chi connectivity index (χ1n) is 16.3. The third-order valence-corrected chi connectivity index (χ3v) is 8.69. The van der Waals surface area contributed by atoms with Crippen molar-refractivity contribution >= 4 is 28.9 Å². The Morgan fingerprint density at radius 2 is 1.65 bits per heavy atom. The van der Waals surface area contributed by atoms with Gasteiger partial charge in [0.25, 0.3) is 17.4 Å². The fourth-order valence-corrected chi connectivity index (χ4v) is 6.25. The third-order valence-electron chi connectivity index (χ3n) is 8.69. The Hall–Kier alpha value is -4.72. The highest BCUT2D eigenvalue weighted by molar-refractivity contribution is 6.22. The molecule has 4 N–H and O–H groups in total. The van der Waals surface area contributed by atoms with E-state index in [4.69, 9.17) is 24.3 Å². The van der Waals surface area contributed by atoms with Gasteiger partial charge in [-0.05, 0) is 63.2 Å². The number of hydrogen-bond acceptors (Lipinski definition) is 11. The SMILES string of the molecule is CCCOc1cc(OCCO)cc(OCC(O)CNc2cc[nH]c(=O)c2C2=Nc3cc4c(cc3C2)C(=O)N(C2CCN(C)CC2)C4=O)c1. The van der Waals surface area contributed by atoms with Crippen molar-refractivity contribution in [3.8, 4) is 17.2 Å². The van der Waals surface area contributed by atoms with Crippen LogP contribution < -0.4 is 25.1 Å². The largest absolute Gasteiger partial charge is 0.493 e. The molecule has 0 aliphatic carbocycles. The van der Waals surface area contributed by atoms with Gasteiger partial charge in [0.15, 0.2) is 0 Å². The second-order valence-electron chi connectivity index (χ2n) is 12.3. The second kappa shape index (κ2) is 14.6. The first-order chi connectivity index (χ1) is 23.2. The molecule has 1 unspecified atom stereocenters. The number of nitrogens with one attached hydrogen (secondary N) is 2. The van der Waals surface area contributed by atoms with Gasteiger partial charge in [-0.15, -0.1) is 0 Å². The predicted molar refractivity (Wildman–Crippen MR) is 179 cm³/mol. The summed E-state index contributed by atoms with van der Waals surface area (Å²) >= 11 is 0. The number of benzene rings is 2. The Morgan fingerprint density at radius 1 is 0.979 bits per heavy atom. The second-order valence-corrected chi connectivity index (χ2v) is 12.3. The molecule has 1 fully saturated rings. The van der Waals surface area contributed by atoms with Crippen molar-refractivity contribution in [3.05, 3.63) is 75.2 Å². The zero-order chi connectivity index (χ0) is 33.8. The van der Waals surface area contributed by atoms with Crippen molar-refractivity contribution in [2.75, 3.05) is 58.4 Å². The summed E-state index contributed by atoms with van der Waals surface area (Å²) in [6.07, 6.45) is 3.19. The predicted octanol–water partition coefficient (Wildman–Crippen LogP) is 2.75. The zero-order valence-corrected chi connectivity index (χ0v) is 27.2. The summed E-state index contributed by atoms with van der Waals surface area (Å²) in [5.74, 6) is 0.895. The van der Waals surface area contributed by atoms with Crippen LogP contribution in [-0.2, 0) is 6.42 Å². The van der Waals surface area contributed by atoms with Crippen LogP contribution in [0.5, 0.6) is 17.2 Å². The molecule has 1 saturated heterocycles. The van der Waals surface area contributed by atoms with E-state index in [0.717, 1.165) is 37.9 Å². The van der Waals surface area contributed by atoms with Gasteiger partial charge in [-0.1, -0.05) is 6.92 Å². The quantitative estimate of drug-likeness (QED) is 0.189. The molecule has 2 amide bonds. The van der Waals surface area contributed by atoms with Crippen molar-refractivity contribution in [1.82, 2.24) is 14.8 Å². The summed E-state index contributed by atoms with van der Waals surface area (Å²) in [7, 11) is 2.03. The number of aliphatic hydroxyl groups is 2. The van der Waals surface area contributed by atoms with Gasteiger partial charge in [0.1, 0.15) is 36.6 Å². The van der Waals surface area contributed by atoms with Gasteiger partial charge < -0.3 is 39.6 Å². The Labute approximate surface area is 278 Å². The number of hydrogen-bond donors (Lipinski definition) is 4. The number of likely N-dealkylation sites (tertiary alicyclic amines) is 1. The lowest BCUT2D eigenvalue weighted by Crippen LogP contribution is -2.46. The Bertz CT molecular complexity index is 1740. The number of aliphatic hydroxyl groups excluding tert-OH is 2. The van der Waals surface area contributed by atoms with Crippen LogP contribution in [0.3, 0.4) is 0 Å². The fraction of sp³-hybridized carbons (Fsp3) is 0.429. The molecule has 0 radical (unpaired) electrons. The molecule has 6 rings (SSSR count). The van der Waals surface area contributed by atoms with Crippen molar-refractivity contribution < 1.29 is 34.0 Å². The van der Waals surface area contributed by atoms with E-state index in [1.807, 2.05) is 14.0 Å². The number of pyridine rings is 1. The van der Waals surface area contributed by atoms with Gasteiger partial charge in [-0.2, -0.15) is 0 Å². The molecule has 3 aromatic rings. The van der Waals surface area contributed by atoms with Crippen molar-refractivity contribution in [1.29, 1.82) is 0 Å². The normalized spacial score (nSPS) is 16.8. The number of aromatic nitrogens is 1. The Morgan fingerprint density at radius 3 is 2.33 bits per heavy atom. The number of piperidine rings is 1. The summed E-state index contributed by atoms with van der Waals surface area (Å²) in [6, 6.07) is 10.1. The lowest BCUT2D eigenvalue weighted by atomic mass is 10.00. The van der Waals surface area contributed by atoms with Crippen LogP contribution in [-0.4, -0.2) is 108 Å². The minimum absolute atomic E-state index is 0.0588. The van der Waals surface area contributed by atoms with Crippen molar-refractivity contribution in [3.63, 3.8) is 0 Å². The van der Waals surface area contributed by atoms with E-state index in [1.165, 1.54) is 11.1 Å². The van der Waals surface area contributed by atoms with Crippen LogP contribution in [0.1, 0.15) is 58.0 Å². The van der Waals surface area contributed by atoms with E-state index in [9.17, 15) is 19.5 Å². The van der Waals surface area contributed by atoms with E-state index in [-0.39, 0.29) is 49.8 Å². The number of fused-ring (bicyclic) bond motifs is 2. The fourth-order valence-electron chi connectivity index (χ4n) is 6.25. The number of nitrogens with zero attached hydrogens (tertiary/aromatic N) is 3. The maximum atomic E-state index is 13.4. The van der Waals surface area contributed by atoms with Gasteiger partial charge >= 0.3 is 0 Å². The monoisotopic (exact) mass is 659 g/mol. The molecular formula is C35H41N5O8. The molecule has 0 bridgehead atoms. The number of aliphatic imine (C=N–C) groups is 1. The molecule has 1 aromatic heterocycles. The summed E-state index contributed by atoms with van der Waals surface area (Å²) in [5, 5.41) is 23.0. The topological polar surface area (TPSA) is 166 Å². The van der Waals surface area contributed by atoms with Gasteiger partial charge in [0, 0.05) is 43.4 Å². The number of carbonyl (C=O) groups is 2. The van der Waals surface area contributed by atoms with Crippen LogP contribution in [0.4, 0.5) is 11.4 Å². The summed E-state index contributed by atoms with van der Waals surface area (Å²) in [4.78, 5) is 50.9. The standard InChI is InChI=1S/C35H41N5O8/c1-3-11-46-24-15-25(47-12-10-41)17-26(16-24)48-20-23(42)19-37-29-4-7-36-33(43)32(29)31-14-21-13-27-28(18-30(21)38-31)35(45)40(34(27)44)22-5-8-39(2)9-6-22/h4,7,13,15-18,22-23,41-42H,3,5-6,8-12,14,19-20H2,1-2H3,(H2,36,37,43). The van der Waals surface area contributed by atoms with Crippen molar-refractivity contribution in [2.24, 2.45) is 4.99 Å². The Balaban J connectivity index is 1.13. The molecule has 3 aliphatic rings. The molecule has 3 aliphatic heterocycles. The molecule has 48 heavy (non-hydrogen) atoms. The number of H-pyrrole nitrogens is 1. The highest BCUT2D eigenvalue weighted by Gasteiger charge is 2.42. The van der Waals surface area contributed by atoms with Crippen LogP contribution >= 0.6 is 0 Å². The molecular weight excluding hydrogens is 618 g/mol. The molecule has 2 aromatic carbocycles. The highest BCUT2D eigenvalue weighted by Crippen LogP contribution is 2.37. The van der Waals surface area contributed by atoms with Gasteiger partial charge in [-0.3, -0.25) is 24.3 Å². The number of ether oxygens (including phenoxy) is 3. The third kappa shape index (κ3) is 7.08. The number of amides is 2. The lowest BCUT2D eigenvalue weighted by Gasteiger charge is -2.33. The first kappa shape index (κ1) is 33.2. The van der Waals surface area contributed by atoms with Gasteiger partial charge in [0.2, 0.25) is 0 Å². The average Bonchev–Trinajstić information content (AvgIpc) is 3.60. The number of aromatic amines is 1. The number of carbonyl (C=O) groups excluding carboxylic acids is 2. The molecule has 4 heterocycles. The first-order valence-corrected chi connectivity index (χ1v) is 16.3. The smallest absolute Gasteiger partial charge is 0.261 e. The van der Waals surface area contributed by atoms with Crippen LogP contribution in [0, 0.1) is 0 Å². The summed E-state index contributed by atoms with van der Waals surface area (Å²) < 4.78 is 17.1. The van der Waals surface area contributed by atoms with E-state index >= 15 is 0 Å². The van der Waals surface area contributed by atoms with E-state index < -0.39 is 6.10 Å². The van der Waals surface area contributed by atoms with E-state index in [0.29, 0.717) is 64.1 Å². The minimum Gasteiger partial charge on any atom is -0.493 e. The average molecular weight is 660 g/mol. The van der Waals surface area contributed by atoms with E-state index in [1.54, 1.807) is 36.4 Å². The highest BCUT2D eigenvalue weighted by atomic mass is 16.5. The molecule has 0 spiro atoms. The zero-order valence-electron chi connectivity index (χ0n) is 27.2. The molecule has 0 saturated carbocycles. The minimum atomic E-state index is -0.950. The van der Waals surface area contributed by atoms with Crippen molar-refractivity contribution in [2.45, 2.75) is 44.8 Å². The molecule has 254 valence electrons. The maximum Gasteiger partial charge on any atom is 0.261 e. The molecule has 13 heteroatoms. The number of imide groups is 1. The van der Waals surface area contributed by atoms with Gasteiger partial charge in [-0.25, -0.2) is 0 Å². The van der Waals surface area contributed by atoms with Crippen LogP contribution in [0.25, 0.3) is 0 Å². The van der Waals surface area contributed by atoms with E-state index in [2.05, 4.69) is 15.2 Å². The van der Waals surface area contributed by atoms with Crippen LogP contribution in [0.15, 0.2) is 52.4 Å². The maximum absolute atomic E-state index is 13.4. The molecule has 1 atom stereocenters.